The van der Waals surface area contributed by atoms with Crippen LogP contribution >= 0.6 is 0 Å². The monoisotopic (exact) mass is 498 g/mol. The Kier molecular flexibility index (Phi) is 7.56. The van der Waals surface area contributed by atoms with Crippen LogP contribution in [0.4, 0.5) is 5.82 Å². The Morgan fingerprint density at radius 2 is 1.54 bits per heavy atom. The molecule has 0 saturated carbocycles. The van der Waals surface area contributed by atoms with E-state index in [9.17, 15) is 18.0 Å². The number of nitrogens with zero attached hydrogens (tertiary/aromatic N) is 3. The second kappa shape index (κ2) is 10.5. The number of carbonyl (C=O) groups is 2. The van der Waals surface area contributed by atoms with Crippen molar-refractivity contribution in [2.45, 2.75) is 51.3 Å². The predicted octanol–water partition coefficient (Wildman–Crippen LogP) is 3.28. The number of hydrogen-bond donors (Lipinski definition) is 1. The largest absolute Gasteiger partial charge is 0.342 e. The van der Waals surface area contributed by atoms with E-state index in [1.807, 2.05) is 43.9 Å². The van der Waals surface area contributed by atoms with Gasteiger partial charge in [-0.05, 0) is 87.4 Å². The van der Waals surface area contributed by atoms with Gasteiger partial charge in [-0.1, -0.05) is 6.07 Å². The normalized spacial score (nSPS) is 18.4. The van der Waals surface area contributed by atoms with Crippen molar-refractivity contribution in [1.82, 2.24) is 14.2 Å². The summed E-state index contributed by atoms with van der Waals surface area (Å²) in [6.45, 7) is 7.58. The molecule has 0 spiro atoms. The van der Waals surface area contributed by atoms with Crippen molar-refractivity contribution in [3.05, 3.63) is 53.2 Å². The topological polar surface area (TPSA) is 99.7 Å². The van der Waals surface area contributed by atoms with Gasteiger partial charge >= 0.3 is 0 Å². The molecule has 2 amide bonds. The summed E-state index contributed by atoms with van der Waals surface area (Å²) in [5.41, 5.74) is 3.04. The van der Waals surface area contributed by atoms with Crippen LogP contribution in [0.15, 0.2) is 41.4 Å². The maximum absolute atomic E-state index is 13.1. The lowest BCUT2D eigenvalue weighted by molar-refractivity contribution is -0.139. The quantitative estimate of drug-likeness (QED) is 0.682. The van der Waals surface area contributed by atoms with Crippen LogP contribution in [0.1, 0.15) is 42.4 Å². The zero-order valence-electron chi connectivity index (χ0n) is 20.7. The first-order chi connectivity index (χ1) is 16.6. The Morgan fingerprint density at radius 1 is 0.886 bits per heavy atom. The van der Waals surface area contributed by atoms with Gasteiger partial charge in [-0.3, -0.25) is 9.59 Å². The van der Waals surface area contributed by atoms with Crippen LogP contribution in [0.2, 0.25) is 0 Å². The zero-order chi connectivity index (χ0) is 25.2. The molecule has 0 bridgehead atoms. The Labute approximate surface area is 207 Å². The van der Waals surface area contributed by atoms with Gasteiger partial charge in [-0.15, -0.1) is 0 Å². The first kappa shape index (κ1) is 25.3. The summed E-state index contributed by atoms with van der Waals surface area (Å²) in [5, 5.41) is 2.88. The summed E-state index contributed by atoms with van der Waals surface area (Å²) in [7, 11) is -3.56. The van der Waals surface area contributed by atoms with Crippen LogP contribution in [0.3, 0.4) is 0 Å². The molecule has 2 saturated heterocycles. The lowest BCUT2D eigenvalue weighted by Gasteiger charge is -2.36. The van der Waals surface area contributed by atoms with Crippen LogP contribution < -0.4 is 5.32 Å². The third kappa shape index (κ3) is 5.73. The number of hydrogen-bond acceptors (Lipinski definition) is 5. The van der Waals surface area contributed by atoms with E-state index in [1.54, 1.807) is 18.3 Å². The molecule has 0 unspecified atom stereocenters. The SMILES string of the molecule is Cc1ccnc(NC(=O)C2CCN(C(=O)C3CCN(S(=O)(=O)c4ccc(C)c(C)c4)CC3)CC2)c1. The van der Waals surface area contributed by atoms with Gasteiger partial charge in [0, 0.05) is 44.2 Å². The minimum atomic E-state index is -3.56. The number of carbonyl (C=O) groups excluding carboxylic acids is 2. The number of anilines is 1. The zero-order valence-corrected chi connectivity index (χ0v) is 21.5. The molecule has 188 valence electrons. The summed E-state index contributed by atoms with van der Waals surface area (Å²) in [5.74, 6) is 0.248. The highest BCUT2D eigenvalue weighted by Gasteiger charge is 2.35. The fourth-order valence-corrected chi connectivity index (χ4v) is 6.38. The first-order valence-corrected chi connectivity index (χ1v) is 13.7. The standard InChI is InChI=1S/C26H34N4O4S/c1-18-6-11-27-24(16-18)28-25(31)21-7-12-29(13-8-21)26(32)22-9-14-30(15-10-22)35(33,34)23-5-4-19(2)20(3)17-23/h4-6,11,16-17,21-22H,7-10,12-15H2,1-3H3,(H,27,28,31). The number of sulfonamides is 1. The lowest BCUT2D eigenvalue weighted by atomic mass is 9.92. The molecule has 3 heterocycles. The van der Waals surface area contributed by atoms with Gasteiger partial charge in [0.15, 0.2) is 0 Å². The number of nitrogens with one attached hydrogen (secondary N) is 1. The van der Waals surface area contributed by atoms with E-state index in [0.29, 0.717) is 62.6 Å². The second-order valence-electron chi connectivity index (χ2n) is 9.73. The maximum Gasteiger partial charge on any atom is 0.243 e. The van der Waals surface area contributed by atoms with Gasteiger partial charge in [0.1, 0.15) is 5.82 Å². The molecule has 4 rings (SSSR count). The molecule has 2 fully saturated rings. The molecule has 2 aliphatic rings. The number of pyridine rings is 1. The Balaban J connectivity index is 1.27. The molecule has 1 N–H and O–H groups in total. The van der Waals surface area contributed by atoms with Crippen LogP contribution in [0, 0.1) is 32.6 Å². The highest BCUT2D eigenvalue weighted by Crippen LogP contribution is 2.28. The number of aromatic nitrogens is 1. The van der Waals surface area contributed by atoms with E-state index < -0.39 is 10.0 Å². The van der Waals surface area contributed by atoms with Crippen molar-refractivity contribution in [1.29, 1.82) is 0 Å². The molecule has 0 atom stereocenters. The third-order valence-electron chi connectivity index (χ3n) is 7.26. The molecular formula is C26H34N4O4S. The summed E-state index contributed by atoms with van der Waals surface area (Å²) < 4.78 is 27.6. The average Bonchev–Trinajstić information content (AvgIpc) is 2.85. The maximum atomic E-state index is 13.1. The van der Waals surface area contributed by atoms with Crippen molar-refractivity contribution in [2.75, 3.05) is 31.5 Å². The van der Waals surface area contributed by atoms with Crippen LogP contribution in [-0.2, 0) is 19.6 Å². The number of piperidine rings is 2. The van der Waals surface area contributed by atoms with Crippen molar-refractivity contribution in [2.24, 2.45) is 11.8 Å². The number of amides is 2. The van der Waals surface area contributed by atoms with Gasteiger partial charge in [-0.25, -0.2) is 13.4 Å². The Bertz CT molecular complexity index is 1200. The molecule has 8 nitrogen and oxygen atoms in total. The molecule has 2 aliphatic heterocycles. The number of likely N-dealkylation sites (tertiary alicyclic amines) is 1. The molecule has 1 aromatic carbocycles. The predicted molar refractivity (Wildman–Crippen MR) is 134 cm³/mol. The third-order valence-corrected chi connectivity index (χ3v) is 9.16. The van der Waals surface area contributed by atoms with Crippen LogP contribution in [0.25, 0.3) is 0 Å². The molecule has 0 aliphatic carbocycles. The molecule has 1 aromatic heterocycles. The minimum absolute atomic E-state index is 0.0555. The average molecular weight is 499 g/mol. The van der Waals surface area contributed by atoms with Crippen molar-refractivity contribution < 1.29 is 18.0 Å². The summed E-state index contributed by atoms with van der Waals surface area (Å²) >= 11 is 0. The van der Waals surface area contributed by atoms with E-state index in [0.717, 1.165) is 16.7 Å². The van der Waals surface area contributed by atoms with Gasteiger partial charge in [0.2, 0.25) is 21.8 Å². The summed E-state index contributed by atoms with van der Waals surface area (Å²) in [6, 6.07) is 8.92. The van der Waals surface area contributed by atoms with Gasteiger partial charge in [0.05, 0.1) is 4.90 Å². The number of aryl methyl sites for hydroxylation is 3. The first-order valence-electron chi connectivity index (χ1n) is 12.2. The molecule has 35 heavy (non-hydrogen) atoms. The van der Waals surface area contributed by atoms with Crippen LogP contribution in [0.5, 0.6) is 0 Å². The van der Waals surface area contributed by atoms with Crippen molar-refractivity contribution in [3.8, 4) is 0 Å². The van der Waals surface area contributed by atoms with E-state index in [2.05, 4.69) is 10.3 Å². The molecule has 9 heteroatoms. The second-order valence-corrected chi connectivity index (χ2v) is 11.7. The summed E-state index contributed by atoms with van der Waals surface area (Å²) in [4.78, 5) is 32.1. The van der Waals surface area contributed by atoms with Crippen LogP contribution in [-0.4, -0.2) is 60.6 Å². The Morgan fingerprint density at radius 3 is 2.17 bits per heavy atom. The molecular weight excluding hydrogens is 464 g/mol. The van der Waals surface area contributed by atoms with E-state index in [4.69, 9.17) is 0 Å². The highest BCUT2D eigenvalue weighted by molar-refractivity contribution is 7.89. The van der Waals surface area contributed by atoms with E-state index in [-0.39, 0.29) is 23.7 Å². The minimum Gasteiger partial charge on any atom is -0.342 e. The molecule has 0 radical (unpaired) electrons. The van der Waals surface area contributed by atoms with Gasteiger partial charge < -0.3 is 10.2 Å². The Hall–Kier alpha value is -2.78. The summed E-state index contributed by atoms with van der Waals surface area (Å²) in [6.07, 6.45) is 3.93. The van der Waals surface area contributed by atoms with Gasteiger partial charge in [-0.2, -0.15) is 4.31 Å². The smallest absolute Gasteiger partial charge is 0.243 e. The van der Waals surface area contributed by atoms with Crippen molar-refractivity contribution >= 4 is 27.7 Å². The van der Waals surface area contributed by atoms with E-state index >= 15 is 0 Å². The fourth-order valence-electron chi connectivity index (χ4n) is 4.82. The van der Waals surface area contributed by atoms with Gasteiger partial charge in [0.25, 0.3) is 0 Å². The van der Waals surface area contributed by atoms with Crippen molar-refractivity contribution in [3.63, 3.8) is 0 Å². The number of rotatable bonds is 5. The highest BCUT2D eigenvalue weighted by atomic mass is 32.2. The van der Waals surface area contributed by atoms with E-state index in [1.165, 1.54) is 4.31 Å². The fraction of sp³-hybridized carbons (Fsp3) is 0.500. The molecule has 2 aromatic rings. The lowest BCUT2D eigenvalue weighted by Crippen LogP contribution is -2.47. The number of benzene rings is 1.